The van der Waals surface area contributed by atoms with Crippen LogP contribution in [0.5, 0.6) is 5.75 Å². The van der Waals surface area contributed by atoms with Crippen LogP contribution >= 0.6 is 0 Å². The van der Waals surface area contributed by atoms with Crippen LogP contribution < -0.4 is 10.1 Å². The lowest BCUT2D eigenvalue weighted by Gasteiger charge is -2.13. The molecule has 2 N–H and O–H groups in total. The Labute approximate surface area is 219 Å². The maximum atomic E-state index is 13.3. The third kappa shape index (κ3) is 4.74. The molecule has 6 rings (SSSR count). The highest BCUT2D eigenvalue weighted by Gasteiger charge is 2.14. The van der Waals surface area contributed by atoms with E-state index in [1.165, 1.54) is 40.6 Å². The molecule has 0 aliphatic heterocycles. The van der Waals surface area contributed by atoms with Crippen molar-refractivity contribution < 1.29 is 13.9 Å². The Bertz CT molecular complexity index is 1760. The number of fused-ring (bicyclic) bond motifs is 3. The maximum absolute atomic E-state index is 13.3. The Kier molecular flexibility index (Phi) is 6.32. The molecule has 186 valence electrons. The minimum absolute atomic E-state index is 0.174. The SMILES string of the molecule is O=C(c1ccc(F)cc1)c1ccccc1Nc1cccc(OCCc2cccc3c2[nH]c2ccccc23)c1. The van der Waals surface area contributed by atoms with Crippen molar-refractivity contribution >= 4 is 39.0 Å². The standard InChI is InChI=1S/C33H25FN2O2/c34-24-17-15-23(16-18-24)33(37)29-11-2-4-14-31(29)35-25-8-6-9-26(21-25)38-20-19-22-7-5-12-28-27-10-1-3-13-30(27)36-32(22)28/h1-18,21,35-36H,19-20H2. The van der Waals surface area contributed by atoms with Crippen molar-refractivity contribution in [2.45, 2.75) is 6.42 Å². The van der Waals surface area contributed by atoms with E-state index in [4.69, 9.17) is 4.74 Å². The van der Waals surface area contributed by atoms with Crippen molar-refractivity contribution in [1.29, 1.82) is 0 Å². The molecular formula is C33H25FN2O2. The summed E-state index contributed by atoms with van der Waals surface area (Å²) in [7, 11) is 0. The second kappa shape index (κ2) is 10.2. The largest absolute Gasteiger partial charge is 0.493 e. The number of halogens is 1. The first kappa shape index (κ1) is 23.5. The summed E-state index contributed by atoms with van der Waals surface area (Å²) >= 11 is 0. The zero-order valence-electron chi connectivity index (χ0n) is 20.6. The molecule has 0 saturated carbocycles. The summed E-state index contributed by atoms with van der Waals surface area (Å²) in [5.74, 6) is 0.190. The number of para-hydroxylation sites is 3. The highest BCUT2D eigenvalue weighted by molar-refractivity contribution is 6.12. The second-order valence-electron chi connectivity index (χ2n) is 9.14. The van der Waals surface area contributed by atoms with E-state index < -0.39 is 0 Å². The van der Waals surface area contributed by atoms with Gasteiger partial charge in [0.05, 0.1) is 6.61 Å². The number of anilines is 2. The van der Waals surface area contributed by atoms with E-state index >= 15 is 0 Å². The highest BCUT2D eigenvalue weighted by atomic mass is 19.1. The predicted octanol–water partition coefficient (Wildman–Crippen LogP) is 8.06. The molecule has 5 aromatic carbocycles. The van der Waals surface area contributed by atoms with Crippen molar-refractivity contribution in [3.63, 3.8) is 0 Å². The summed E-state index contributed by atoms with van der Waals surface area (Å²) in [4.78, 5) is 16.6. The van der Waals surface area contributed by atoms with Gasteiger partial charge in [0.25, 0.3) is 0 Å². The fraction of sp³-hybridized carbons (Fsp3) is 0.0606. The van der Waals surface area contributed by atoms with Crippen LogP contribution in [0.4, 0.5) is 15.8 Å². The fourth-order valence-corrected chi connectivity index (χ4v) is 4.79. The van der Waals surface area contributed by atoms with E-state index in [0.29, 0.717) is 23.4 Å². The van der Waals surface area contributed by atoms with Gasteiger partial charge in [-0.05, 0) is 60.2 Å². The van der Waals surface area contributed by atoms with Crippen molar-refractivity contribution in [1.82, 2.24) is 4.98 Å². The molecule has 38 heavy (non-hydrogen) atoms. The average molecular weight is 501 g/mol. The number of ketones is 1. The number of hydrogen-bond acceptors (Lipinski definition) is 3. The van der Waals surface area contributed by atoms with Crippen LogP contribution in [0.25, 0.3) is 21.8 Å². The number of aromatic amines is 1. The van der Waals surface area contributed by atoms with Gasteiger partial charge in [-0.3, -0.25) is 4.79 Å². The van der Waals surface area contributed by atoms with E-state index in [9.17, 15) is 9.18 Å². The molecule has 0 unspecified atom stereocenters. The normalized spacial score (nSPS) is 11.1. The van der Waals surface area contributed by atoms with Gasteiger partial charge in [-0.15, -0.1) is 0 Å². The van der Waals surface area contributed by atoms with E-state index in [1.807, 2.05) is 48.5 Å². The summed E-state index contributed by atoms with van der Waals surface area (Å²) in [6.45, 7) is 0.525. The molecule has 0 bridgehead atoms. The molecule has 0 saturated heterocycles. The molecule has 6 aromatic rings. The number of aromatic nitrogens is 1. The summed E-state index contributed by atoms with van der Waals surface area (Å²) in [5.41, 5.74) is 5.91. The van der Waals surface area contributed by atoms with Gasteiger partial charge in [0.1, 0.15) is 11.6 Å². The first-order valence-electron chi connectivity index (χ1n) is 12.5. The van der Waals surface area contributed by atoms with E-state index in [-0.39, 0.29) is 11.6 Å². The molecule has 1 heterocycles. The first-order valence-corrected chi connectivity index (χ1v) is 12.5. The number of carbonyl (C=O) groups excluding carboxylic acids is 1. The topological polar surface area (TPSA) is 54.1 Å². The quantitative estimate of drug-likeness (QED) is 0.208. The van der Waals surface area contributed by atoms with Gasteiger partial charge in [0, 0.05) is 56.8 Å². The molecule has 4 nitrogen and oxygen atoms in total. The van der Waals surface area contributed by atoms with Gasteiger partial charge in [0.2, 0.25) is 0 Å². The van der Waals surface area contributed by atoms with Crippen LogP contribution in [0.15, 0.2) is 115 Å². The zero-order chi connectivity index (χ0) is 25.9. The Morgan fingerprint density at radius 1 is 0.789 bits per heavy atom. The molecule has 0 radical (unpaired) electrons. The van der Waals surface area contributed by atoms with Crippen LogP contribution in [-0.2, 0) is 6.42 Å². The zero-order valence-corrected chi connectivity index (χ0v) is 20.6. The molecule has 0 aliphatic carbocycles. The number of benzene rings is 5. The van der Waals surface area contributed by atoms with Gasteiger partial charge in [0.15, 0.2) is 5.78 Å². The molecule has 1 aromatic heterocycles. The lowest BCUT2D eigenvalue weighted by molar-refractivity contribution is 0.103. The number of carbonyl (C=O) groups is 1. The first-order chi connectivity index (χ1) is 18.7. The second-order valence-corrected chi connectivity index (χ2v) is 9.14. The molecular weight excluding hydrogens is 475 g/mol. The molecule has 0 fully saturated rings. The van der Waals surface area contributed by atoms with Gasteiger partial charge < -0.3 is 15.0 Å². The number of nitrogens with one attached hydrogen (secondary N) is 2. The summed E-state index contributed by atoms with van der Waals surface area (Å²) in [6.07, 6.45) is 0.761. The Hall–Kier alpha value is -4.90. The molecule has 5 heteroatoms. The minimum Gasteiger partial charge on any atom is -0.493 e. The average Bonchev–Trinajstić information content (AvgIpc) is 3.33. The van der Waals surface area contributed by atoms with Crippen molar-refractivity contribution in [3.05, 3.63) is 138 Å². The summed E-state index contributed by atoms with van der Waals surface area (Å²) in [6, 6.07) is 35.3. The van der Waals surface area contributed by atoms with Crippen LogP contribution in [0.1, 0.15) is 21.5 Å². The van der Waals surface area contributed by atoms with Crippen molar-refractivity contribution in [2.75, 3.05) is 11.9 Å². The molecule has 0 spiro atoms. The number of H-pyrrole nitrogens is 1. The van der Waals surface area contributed by atoms with Crippen LogP contribution in [0.2, 0.25) is 0 Å². The van der Waals surface area contributed by atoms with Crippen LogP contribution in [0, 0.1) is 5.82 Å². The maximum Gasteiger partial charge on any atom is 0.195 e. The van der Waals surface area contributed by atoms with Crippen molar-refractivity contribution in [2.24, 2.45) is 0 Å². The van der Waals surface area contributed by atoms with Gasteiger partial charge in [-0.2, -0.15) is 0 Å². The Balaban J connectivity index is 1.16. The monoisotopic (exact) mass is 500 g/mol. The smallest absolute Gasteiger partial charge is 0.195 e. The number of ether oxygens (including phenoxy) is 1. The van der Waals surface area contributed by atoms with Crippen LogP contribution in [-0.4, -0.2) is 17.4 Å². The number of hydrogen-bond donors (Lipinski definition) is 2. The number of rotatable bonds is 8. The summed E-state index contributed by atoms with van der Waals surface area (Å²) in [5, 5.41) is 5.79. The van der Waals surface area contributed by atoms with Crippen LogP contribution in [0.3, 0.4) is 0 Å². The third-order valence-corrected chi connectivity index (χ3v) is 6.66. The van der Waals surface area contributed by atoms with Crippen molar-refractivity contribution in [3.8, 4) is 5.75 Å². The van der Waals surface area contributed by atoms with E-state index in [2.05, 4.69) is 46.7 Å². The fourth-order valence-electron chi connectivity index (χ4n) is 4.79. The van der Waals surface area contributed by atoms with Gasteiger partial charge >= 0.3 is 0 Å². The lowest BCUT2D eigenvalue weighted by atomic mass is 10.0. The van der Waals surface area contributed by atoms with E-state index in [1.54, 1.807) is 6.07 Å². The van der Waals surface area contributed by atoms with Gasteiger partial charge in [-0.25, -0.2) is 4.39 Å². The Morgan fingerprint density at radius 3 is 2.45 bits per heavy atom. The highest BCUT2D eigenvalue weighted by Crippen LogP contribution is 2.29. The van der Waals surface area contributed by atoms with Gasteiger partial charge in [-0.1, -0.05) is 54.6 Å². The predicted molar refractivity (Wildman–Crippen MR) is 151 cm³/mol. The third-order valence-electron chi connectivity index (χ3n) is 6.66. The molecule has 0 aliphatic rings. The lowest BCUT2D eigenvalue weighted by Crippen LogP contribution is -2.06. The minimum atomic E-state index is -0.372. The Morgan fingerprint density at radius 2 is 1.55 bits per heavy atom. The molecule has 0 amide bonds. The molecule has 0 atom stereocenters. The van der Waals surface area contributed by atoms with E-state index in [0.717, 1.165) is 28.9 Å². The summed E-state index contributed by atoms with van der Waals surface area (Å²) < 4.78 is 19.4.